The van der Waals surface area contributed by atoms with Gasteiger partial charge >= 0.3 is 0 Å². The smallest absolute Gasteiger partial charge is 0.260 e. The highest BCUT2D eigenvalue weighted by Gasteiger charge is 2.32. The van der Waals surface area contributed by atoms with Crippen LogP contribution in [0.4, 0.5) is 0 Å². The molecular formula is C22H27N3O2S. The quantitative estimate of drug-likeness (QED) is 0.660. The summed E-state index contributed by atoms with van der Waals surface area (Å²) in [5.74, 6) is 0.669. The Kier molecular flexibility index (Phi) is 4.89. The van der Waals surface area contributed by atoms with Crippen molar-refractivity contribution in [1.82, 2.24) is 14.9 Å². The maximum absolute atomic E-state index is 12.9. The number of rotatable bonds is 6. The van der Waals surface area contributed by atoms with E-state index in [2.05, 4.69) is 41.9 Å². The number of aromatic amines is 1. The van der Waals surface area contributed by atoms with Crippen LogP contribution in [0, 0.1) is 13.8 Å². The lowest BCUT2D eigenvalue weighted by Gasteiger charge is -2.28. The third-order valence-corrected chi connectivity index (χ3v) is 6.19. The van der Waals surface area contributed by atoms with E-state index in [1.165, 1.54) is 22.5 Å². The van der Waals surface area contributed by atoms with Crippen LogP contribution in [0.3, 0.4) is 0 Å². The fourth-order valence-electron chi connectivity index (χ4n) is 3.63. The van der Waals surface area contributed by atoms with Crippen LogP contribution < -0.4 is 5.56 Å². The number of hydrogen-bond acceptors (Lipinski definition) is 5. The van der Waals surface area contributed by atoms with Crippen molar-refractivity contribution >= 4 is 21.6 Å². The van der Waals surface area contributed by atoms with E-state index in [-0.39, 0.29) is 5.56 Å². The molecule has 4 rings (SSSR count). The van der Waals surface area contributed by atoms with Crippen molar-refractivity contribution in [3.63, 3.8) is 0 Å². The van der Waals surface area contributed by atoms with Crippen molar-refractivity contribution in [3.05, 3.63) is 50.9 Å². The first kappa shape index (κ1) is 19.3. The first-order valence-corrected chi connectivity index (χ1v) is 10.6. The number of aromatic nitrogens is 2. The third-order valence-electron chi connectivity index (χ3n) is 5.32. The maximum Gasteiger partial charge on any atom is 0.260 e. The number of benzene rings is 1. The van der Waals surface area contributed by atoms with E-state index in [9.17, 15) is 9.90 Å². The first-order chi connectivity index (χ1) is 13.2. The summed E-state index contributed by atoms with van der Waals surface area (Å²) in [5.41, 5.74) is 3.59. The van der Waals surface area contributed by atoms with E-state index >= 15 is 0 Å². The maximum atomic E-state index is 12.9. The van der Waals surface area contributed by atoms with Gasteiger partial charge in [-0.05, 0) is 57.2 Å². The molecule has 0 atom stereocenters. The lowest BCUT2D eigenvalue weighted by atomic mass is 10.0. The van der Waals surface area contributed by atoms with Crippen molar-refractivity contribution in [3.8, 4) is 11.1 Å². The van der Waals surface area contributed by atoms with Crippen LogP contribution >= 0.6 is 11.3 Å². The monoisotopic (exact) mass is 397 g/mol. The van der Waals surface area contributed by atoms with Gasteiger partial charge in [-0.25, -0.2) is 4.98 Å². The number of aliphatic hydroxyl groups is 1. The number of H-pyrrole nitrogens is 1. The average Bonchev–Trinajstić information content (AvgIpc) is 3.36. The standard InChI is InChI=1S/C22H27N3O2S/c1-13-5-6-15(9-14(13)2)17-11-28-21-19(17)20(26)23-18(24-21)10-25(16-7-8-16)12-22(3,4)27/h5-6,9,11,16,27H,7-8,10,12H2,1-4H3,(H,23,24,26). The third kappa shape index (κ3) is 4.04. The molecule has 0 spiro atoms. The fraction of sp³-hybridized carbons (Fsp3) is 0.455. The van der Waals surface area contributed by atoms with E-state index in [1.807, 2.05) is 19.2 Å². The van der Waals surface area contributed by atoms with E-state index in [4.69, 9.17) is 4.98 Å². The highest BCUT2D eigenvalue weighted by molar-refractivity contribution is 7.17. The van der Waals surface area contributed by atoms with Gasteiger partial charge in [0.25, 0.3) is 5.56 Å². The number of nitrogens with zero attached hydrogens (tertiary/aromatic N) is 2. The van der Waals surface area contributed by atoms with Gasteiger partial charge in [-0.3, -0.25) is 9.69 Å². The topological polar surface area (TPSA) is 69.2 Å². The summed E-state index contributed by atoms with van der Waals surface area (Å²) in [7, 11) is 0. The zero-order chi connectivity index (χ0) is 20.1. The molecular weight excluding hydrogens is 370 g/mol. The lowest BCUT2D eigenvalue weighted by Crippen LogP contribution is -2.40. The second-order valence-electron chi connectivity index (χ2n) is 8.59. The largest absolute Gasteiger partial charge is 0.389 e. The van der Waals surface area contributed by atoms with Gasteiger partial charge in [0.2, 0.25) is 0 Å². The Hall–Kier alpha value is -2.02. The van der Waals surface area contributed by atoms with Crippen molar-refractivity contribution in [2.75, 3.05) is 6.54 Å². The number of fused-ring (bicyclic) bond motifs is 1. The second kappa shape index (κ2) is 7.10. The van der Waals surface area contributed by atoms with Crippen LogP contribution in [0.2, 0.25) is 0 Å². The first-order valence-electron chi connectivity index (χ1n) is 9.76. The molecule has 6 heteroatoms. The van der Waals surface area contributed by atoms with Crippen molar-refractivity contribution < 1.29 is 5.11 Å². The van der Waals surface area contributed by atoms with Gasteiger partial charge in [-0.15, -0.1) is 11.3 Å². The Morgan fingerprint density at radius 1 is 1.29 bits per heavy atom. The van der Waals surface area contributed by atoms with Crippen LogP contribution in [0.15, 0.2) is 28.4 Å². The molecule has 1 aliphatic carbocycles. The molecule has 2 aromatic heterocycles. The Labute approximate surface area is 169 Å². The average molecular weight is 398 g/mol. The number of nitrogens with one attached hydrogen (secondary N) is 1. The molecule has 1 aromatic carbocycles. The number of thiophene rings is 1. The summed E-state index contributed by atoms with van der Waals surface area (Å²) in [6.45, 7) is 8.93. The van der Waals surface area contributed by atoms with E-state index in [0.717, 1.165) is 28.8 Å². The Morgan fingerprint density at radius 2 is 2.04 bits per heavy atom. The molecule has 28 heavy (non-hydrogen) atoms. The minimum atomic E-state index is -0.771. The minimum absolute atomic E-state index is 0.0894. The summed E-state index contributed by atoms with van der Waals surface area (Å²) < 4.78 is 0. The summed E-state index contributed by atoms with van der Waals surface area (Å²) in [4.78, 5) is 23.6. The van der Waals surface area contributed by atoms with E-state index in [1.54, 1.807) is 0 Å². The van der Waals surface area contributed by atoms with Crippen LogP contribution in [0.1, 0.15) is 43.6 Å². The van der Waals surface area contributed by atoms with Crippen LogP contribution in [0.5, 0.6) is 0 Å². The molecule has 0 amide bonds. The number of aryl methyl sites for hydroxylation is 2. The Bertz CT molecular complexity index is 1070. The summed E-state index contributed by atoms with van der Waals surface area (Å²) in [6, 6.07) is 6.76. The summed E-state index contributed by atoms with van der Waals surface area (Å²) in [6.07, 6.45) is 2.27. The van der Waals surface area contributed by atoms with Crippen LogP contribution in [0.25, 0.3) is 21.3 Å². The number of hydrogen-bond donors (Lipinski definition) is 2. The van der Waals surface area contributed by atoms with Crippen molar-refractivity contribution in [1.29, 1.82) is 0 Å². The molecule has 0 saturated heterocycles. The Balaban J connectivity index is 1.68. The zero-order valence-corrected chi connectivity index (χ0v) is 17.7. The molecule has 0 unspecified atom stereocenters. The van der Waals surface area contributed by atoms with Gasteiger partial charge < -0.3 is 10.1 Å². The van der Waals surface area contributed by atoms with Gasteiger partial charge in [0.15, 0.2) is 0 Å². The lowest BCUT2D eigenvalue weighted by molar-refractivity contribution is 0.0296. The minimum Gasteiger partial charge on any atom is -0.389 e. The molecule has 5 nitrogen and oxygen atoms in total. The van der Waals surface area contributed by atoms with Gasteiger partial charge in [0.1, 0.15) is 10.7 Å². The molecule has 2 N–H and O–H groups in total. The molecule has 1 saturated carbocycles. The van der Waals surface area contributed by atoms with Gasteiger partial charge in [-0.2, -0.15) is 0 Å². The highest BCUT2D eigenvalue weighted by Crippen LogP contribution is 2.33. The summed E-state index contributed by atoms with van der Waals surface area (Å²) in [5, 5.41) is 12.9. The van der Waals surface area contributed by atoms with E-state index in [0.29, 0.717) is 30.3 Å². The highest BCUT2D eigenvalue weighted by atomic mass is 32.1. The molecule has 0 aliphatic heterocycles. The SMILES string of the molecule is Cc1ccc(-c2csc3nc(CN(CC(C)(C)O)C4CC4)[nH]c(=O)c23)cc1C. The van der Waals surface area contributed by atoms with Gasteiger partial charge in [0, 0.05) is 23.5 Å². The van der Waals surface area contributed by atoms with Gasteiger partial charge in [-0.1, -0.05) is 18.2 Å². The molecule has 1 aliphatic rings. The van der Waals surface area contributed by atoms with Crippen molar-refractivity contribution in [2.45, 2.75) is 58.7 Å². The molecule has 3 aromatic rings. The zero-order valence-electron chi connectivity index (χ0n) is 16.9. The van der Waals surface area contributed by atoms with Gasteiger partial charge in [0.05, 0.1) is 17.5 Å². The normalized spacial score (nSPS) is 14.9. The molecule has 2 heterocycles. The fourth-order valence-corrected chi connectivity index (χ4v) is 4.60. The predicted molar refractivity (Wildman–Crippen MR) is 115 cm³/mol. The van der Waals surface area contributed by atoms with Crippen molar-refractivity contribution in [2.24, 2.45) is 0 Å². The molecule has 1 fully saturated rings. The summed E-state index contributed by atoms with van der Waals surface area (Å²) >= 11 is 1.51. The second-order valence-corrected chi connectivity index (χ2v) is 9.45. The van der Waals surface area contributed by atoms with E-state index < -0.39 is 5.60 Å². The molecule has 0 radical (unpaired) electrons. The Morgan fingerprint density at radius 3 is 2.68 bits per heavy atom. The predicted octanol–water partition coefficient (Wildman–Crippen LogP) is 4.00. The van der Waals surface area contributed by atoms with Crippen LogP contribution in [-0.4, -0.2) is 38.2 Å². The van der Waals surface area contributed by atoms with Crippen LogP contribution in [-0.2, 0) is 6.54 Å². The molecule has 0 bridgehead atoms. The molecule has 148 valence electrons.